The number of nitrogens with one attached hydrogen (secondary N) is 1. The van der Waals surface area contributed by atoms with Crippen LogP contribution in [0.5, 0.6) is 0 Å². The van der Waals surface area contributed by atoms with Gasteiger partial charge in [-0.15, -0.1) is 35.3 Å². The van der Waals surface area contributed by atoms with Gasteiger partial charge in [-0.05, 0) is 13.8 Å². The standard InChI is InChI=1S/C20H32N6OS.HI/c1-6-21-19(22-12-18-23-17(14-28-18)20(3,4)5)26-9-7-25(8-10-26)13-16-11-15(2)27-24-16;/h11,14H,6-10,12-13H2,1-5H3,(H,21,22);1H. The van der Waals surface area contributed by atoms with Crippen LogP contribution in [0, 0.1) is 6.92 Å². The third kappa shape index (κ3) is 6.92. The van der Waals surface area contributed by atoms with Crippen molar-refractivity contribution in [1.29, 1.82) is 0 Å². The highest BCUT2D eigenvalue weighted by atomic mass is 127. The molecule has 2 aromatic rings. The van der Waals surface area contributed by atoms with Crippen LogP contribution in [0.15, 0.2) is 21.0 Å². The minimum Gasteiger partial charge on any atom is -0.361 e. The van der Waals surface area contributed by atoms with Gasteiger partial charge in [-0.3, -0.25) is 4.90 Å². The Kier molecular flexibility index (Phi) is 8.90. The summed E-state index contributed by atoms with van der Waals surface area (Å²) in [5.41, 5.74) is 2.23. The number of guanidine groups is 1. The van der Waals surface area contributed by atoms with E-state index >= 15 is 0 Å². The van der Waals surface area contributed by atoms with Gasteiger partial charge in [0.1, 0.15) is 10.8 Å². The summed E-state index contributed by atoms with van der Waals surface area (Å²) in [5, 5.41) is 10.8. The molecule has 0 amide bonds. The predicted octanol–water partition coefficient (Wildman–Crippen LogP) is 3.64. The Balaban J connectivity index is 0.00000300. The summed E-state index contributed by atoms with van der Waals surface area (Å²) in [6, 6.07) is 2.01. The molecule has 1 aliphatic rings. The highest BCUT2D eigenvalue weighted by Crippen LogP contribution is 2.24. The van der Waals surface area contributed by atoms with E-state index in [1.807, 2.05) is 13.0 Å². The monoisotopic (exact) mass is 532 g/mol. The van der Waals surface area contributed by atoms with Gasteiger partial charge >= 0.3 is 0 Å². The summed E-state index contributed by atoms with van der Waals surface area (Å²) in [5.74, 6) is 1.85. The molecule has 0 bridgehead atoms. The molecule has 9 heteroatoms. The average molecular weight is 532 g/mol. The smallest absolute Gasteiger partial charge is 0.194 e. The van der Waals surface area contributed by atoms with Crippen molar-refractivity contribution in [2.24, 2.45) is 4.99 Å². The predicted molar refractivity (Wildman–Crippen MR) is 129 cm³/mol. The van der Waals surface area contributed by atoms with Gasteiger partial charge in [0.05, 0.1) is 17.9 Å². The lowest BCUT2D eigenvalue weighted by Crippen LogP contribution is -2.52. The summed E-state index contributed by atoms with van der Waals surface area (Å²) >= 11 is 1.70. The minimum atomic E-state index is 0. The number of aryl methyl sites for hydroxylation is 1. The molecule has 0 atom stereocenters. The van der Waals surface area contributed by atoms with Crippen molar-refractivity contribution >= 4 is 41.3 Å². The third-order valence-electron chi connectivity index (χ3n) is 4.75. The molecule has 1 aliphatic heterocycles. The number of thiazole rings is 1. The molecule has 162 valence electrons. The van der Waals surface area contributed by atoms with Crippen molar-refractivity contribution in [3.63, 3.8) is 0 Å². The van der Waals surface area contributed by atoms with E-state index in [1.165, 1.54) is 0 Å². The SMILES string of the molecule is CCNC(=NCc1nc(C(C)(C)C)cs1)N1CCN(Cc2cc(C)on2)CC1.I. The van der Waals surface area contributed by atoms with Crippen LogP contribution in [-0.2, 0) is 18.5 Å². The Hall–Kier alpha value is -1.20. The van der Waals surface area contributed by atoms with Crippen molar-refractivity contribution in [2.75, 3.05) is 32.7 Å². The van der Waals surface area contributed by atoms with Crippen LogP contribution in [0.25, 0.3) is 0 Å². The van der Waals surface area contributed by atoms with Gasteiger partial charge in [0.15, 0.2) is 5.96 Å². The van der Waals surface area contributed by atoms with Crippen LogP contribution < -0.4 is 5.32 Å². The van der Waals surface area contributed by atoms with Gasteiger partial charge in [-0.2, -0.15) is 0 Å². The zero-order chi connectivity index (χ0) is 20.1. The second-order valence-corrected chi connectivity index (χ2v) is 9.18. The second kappa shape index (κ2) is 10.7. The fourth-order valence-electron chi connectivity index (χ4n) is 3.14. The number of nitrogens with zero attached hydrogens (tertiary/aromatic N) is 5. The third-order valence-corrected chi connectivity index (χ3v) is 5.59. The molecule has 1 N–H and O–H groups in total. The van der Waals surface area contributed by atoms with E-state index < -0.39 is 0 Å². The van der Waals surface area contributed by atoms with E-state index in [4.69, 9.17) is 14.5 Å². The maximum Gasteiger partial charge on any atom is 0.194 e. The lowest BCUT2D eigenvalue weighted by atomic mass is 9.93. The summed E-state index contributed by atoms with van der Waals surface area (Å²) in [6.45, 7) is 16.8. The zero-order valence-electron chi connectivity index (χ0n) is 18.1. The molecular formula is C20H33IN6OS. The molecule has 0 aromatic carbocycles. The molecule has 0 saturated carbocycles. The van der Waals surface area contributed by atoms with Gasteiger partial charge in [0.25, 0.3) is 0 Å². The number of rotatable bonds is 5. The first-order chi connectivity index (χ1) is 13.3. The van der Waals surface area contributed by atoms with Crippen molar-refractivity contribution in [3.8, 4) is 0 Å². The number of aliphatic imine (C=N–C) groups is 1. The van der Waals surface area contributed by atoms with E-state index in [0.29, 0.717) is 6.54 Å². The lowest BCUT2D eigenvalue weighted by Gasteiger charge is -2.36. The highest BCUT2D eigenvalue weighted by Gasteiger charge is 2.21. The van der Waals surface area contributed by atoms with E-state index in [1.54, 1.807) is 11.3 Å². The van der Waals surface area contributed by atoms with Crippen LogP contribution >= 0.6 is 35.3 Å². The molecule has 0 radical (unpaired) electrons. The maximum atomic E-state index is 5.17. The first-order valence-corrected chi connectivity index (χ1v) is 10.9. The minimum absolute atomic E-state index is 0. The topological polar surface area (TPSA) is 69.8 Å². The van der Waals surface area contributed by atoms with Gasteiger partial charge in [0, 0.05) is 56.1 Å². The van der Waals surface area contributed by atoms with Crippen LogP contribution in [0.1, 0.15) is 49.9 Å². The molecule has 7 nitrogen and oxygen atoms in total. The average Bonchev–Trinajstić information content (AvgIpc) is 3.28. The van der Waals surface area contributed by atoms with Crippen LogP contribution in [0.3, 0.4) is 0 Å². The van der Waals surface area contributed by atoms with Gasteiger partial charge in [0.2, 0.25) is 0 Å². The molecular weight excluding hydrogens is 499 g/mol. The molecule has 29 heavy (non-hydrogen) atoms. The molecule has 2 aromatic heterocycles. The molecule has 3 rings (SSSR count). The maximum absolute atomic E-state index is 5.17. The van der Waals surface area contributed by atoms with Gasteiger partial charge < -0.3 is 14.7 Å². The van der Waals surface area contributed by atoms with E-state index in [0.717, 1.165) is 67.4 Å². The van der Waals surface area contributed by atoms with Crippen molar-refractivity contribution in [1.82, 2.24) is 25.3 Å². The number of hydrogen-bond donors (Lipinski definition) is 1. The Morgan fingerprint density at radius 2 is 2.00 bits per heavy atom. The molecule has 0 aliphatic carbocycles. The van der Waals surface area contributed by atoms with Gasteiger partial charge in [-0.25, -0.2) is 9.98 Å². The van der Waals surface area contributed by atoms with Crippen molar-refractivity contribution in [2.45, 2.75) is 53.1 Å². The first-order valence-electron chi connectivity index (χ1n) is 9.98. The number of piperazine rings is 1. The summed E-state index contributed by atoms with van der Waals surface area (Å²) in [4.78, 5) is 14.4. The quantitative estimate of drug-likeness (QED) is 0.361. The van der Waals surface area contributed by atoms with E-state index in [2.05, 4.69) is 53.3 Å². The largest absolute Gasteiger partial charge is 0.361 e. The lowest BCUT2D eigenvalue weighted by molar-refractivity contribution is 0.169. The van der Waals surface area contributed by atoms with Gasteiger partial charge in [-0.1, -0.05) is 25.9 Å². The Labute approximate surface area is 195 Å². The van der Waals surface area contributed by atoms with Crippen LogP contribution in [-0.4, -0.2) is 58.6 Å². The van der Waals surface area contributed by atoms with E-state index in [9.17, 15) is 0 Å². The highest BCUT2D eigenvalue weighted by molar-refractivity contribution is 14.0. The van der Waals surface area contributed by atoms with Crippen LogP contribution in [0.2, 0.25) is 0 Å². The fraction of sp³-hybridized carbons (Fsp3) is 0.650. The second-order valence-electron chi connectivity index (χ2n) is 8.24. The Morgan fingerprint density at radius 3 is 2.55 bits per heavy atom. The normalized spacial score (nSPS) is 16.0. The molecule has 1 fully saturated rings. The summed E-state index contributed by atoms with van der Waals surface area (Å²) < 4.78 is 5.17. The summed E-state index contributed by atoms with van der Waals surface area (Å²) in [6.07, 6.45) is 0. The molecule has 3 heterocycles. The first kappa shape index (κ1) is 24.1. The fourth-order valence-corrected chi connectivity index (χ4v) is 4.08. The Morgan fingerprint density at radius 1 is 1.28 bits per heavy atom. The molecule has 0 spiro atoms. The summed E-state index contributed by atoms with van der Waals surface area (Å²) in [7, 11) is 0. The molecule has 0 unspecified atom stereocenters. The Bertz CT molecular complexity index is 789. The van der Waals surface area contributed by atoms with Crippen molar-refractivity contribution < 1.29 is 4.52 Å². The number of halogens is 1. The molecule has 1 saturated heterocycles. The number of hydrogen-bond acceptors (Lipinski definition) is 6. The zero-order valence-corrected chi connectivity index (χ0v) is 21.2. The number of aromatic nitrogens is 2. The van der Waals surface area contributed by atoms with Crippen molar-refractivity contribution in [3.05, 3.63) is 33.6 Å². The van der Waals surface area contributed by atoms with E-state index in [-0.39, 0.29) is 29.4 Å². The van der Waals surface area contributed by atoms with Crippen LogP contribution in [0.4, 0.5) is 0 Å².